The maximum Gasteiger partial charge on any atom is 0.192 e. The van der Waals surface area contributed by atoms with Crippen molar-refractivity contribution in [1.29, 1.82) is 0 Å². The van der Waals surface area contributed by atoms with E-state index in [0.717, 1.165) is 0 Å². The SMILES string of the molecule is CC1(C)OC2[C@@H](O1)[C@](O)(CO)[C@H](C(C)(C)O)CC[C@H]2O[Si](C)(C)C(C)(C)C. The molecule has 160 valence electrons. The summed E-state index contributed by atoms with van der Waals surface area (Å²) in [5.74, 6) is -1.46. The molecule has 1 saturated heterocycles. The van der Waals surface area contributed by atoms with Gasteiger partial charge in [0.1, 0.15) is 17.8 Å². The summed E-state index contributed by atoms with van der Waals surface area (Å²) in [7, 11) is -2.09. The first-order valence-corrected chi connectivity index (χ1v) is 12.9. The summed E-state index contributed by atoms with van der Waals surface area (Å²) in [6, 6.07) is 0. The minimum absolute atomic E-state index is 0.0344. The Morgan fingerprint density at radius 3 is 2.07 bits per heavy atom. The Morgan fingerprint density at radius 2 is 1.63 bits per heavy atom. The molecular weight excluding hydrogens is 364 g/mol. The highest BCUT2D eigenvalue weighted by molar-refractivity contribution is 6.74. The van der Waals surface area contributed by atoms with E-state index in [2.05, 4.69) is 33.9 Å². The van der Waals surface area contributed by atoms with E-state index in [-0.39, 0.29) is 11.1 Å². The molecule has 3 N–H and O–H groups in total. The minimum atomic E-state index is -2.09. The van der Waals surface area contributed by atoms with E-state index in [4.69, 9.17) is 13.9 Å². The molecule has 6 nitrogen and oxygen atoms in total. The maximum absolute atomic E-state index is 11.5. The number of hydrogen-bond acceptors (Lipinski definition) is 6. The zero-order valence-electron chi connectivity index (χ0n) is 18.5. The van der Waals surface area contributed by atoms with Crippen molar-refractivity contribution in [2.24, 2.45) is 5.92 Å². The van der Waals surface area contributed by atoms with Crippen molar-refractivity contribution in [2.45, 2.75) is 115 Å². The average Bonchev–Trinajstić information content (AvgIpc) is 2.74. The van der Waals surface area contributed by atoms with Crippen molar-refractivity contribution in [3.63, 3.8) is 0 Å². The molecule has 0 spiro atoms. The fourth-order valence-corrected chi connectivity index (χ4v) is 5.60. The molecule has 1 aliphatic heterocycles. The van der Waals surface area contributed by atoms with Crippen LogP contribution in [0.4, 0.5) is 0 Å². The van der Waals surface area contributed by atoms with Crippen LogP contribution in [0.1, 0.15) is 61.3 Å². The Balaban J connectivity index is 2.46. The van der Waals surface area contributed by atoms with Gasteiger partial charge in [0.25, 0.3) is 0 Å². The topological polar surface area (TPSA) is 88.4 Å². The Bertz CT molecular complexity index is 536. The summed E-state index contributed by atoms with van der Waals surface area (Å²) in [5.41, 5.74) is -2.79. The van der Waals surface area contributed by atoms with Crippen LogP contribution in [0.25, 0.3) is 0 Å². The van der Waals surface area contributed by atoms with Crippen molar-refractivity contribution in [1.82, 2.24) is 0 Å². The molecule has 2 aliphatic rings. The average molecular weight is 405 g/mol. The van der Waals surface area contributed by atoms with Crippen LogP contribution in [0, 0.1) is 5.92 Å². The maximum atomic E-state index is 11.5. The van der Waals surface area contributed by atoms with Crippen LogP contribution < -0.4 is 0 Å². The zero-order chi connectivity index (χ0) is 21.1. The number of ether oxygens (including phenoxy) is 2. The zero-order valence-corrected chi connectivity index (χ0v) is 19.5. The third kappa shape index (κ3) is 4.44. The second-order valence-electron chi connectivity index (χ2n) is 10.9. The normalized spacial score (nSPS) is 37.8. The number of fused-ring (bicyclic) bond motifs is 1. The molecule has 0 amide bonds. The molecule has 1 saturated carbocycles. The first-order chi connectivity index (χ1) is 11.9. The fraction of sp³-hybridized carbons (Fsp3) is 1.00. The van der Waals surface area contributed by atoms with Gasteiger partial charge < -0.3 is 29.2 Å². The molecule has 0 aromatic carbocycles. The van der Waals surface area contributed by atoms with E-state index in [0.29, 0.717) is 12.8 Å². The molecule has 27 heavy (non-hydrogen) atoms. The monoisotopic (exact) mass is 404 g/mol. The molecule has 1 heterocycles. The summed E-state index contributed by atoms with van der Waals surface area (Å²) in [6.45, 7) is 17.4. The van der Waals surface area contributed by atoms with Gasteiger partial charge in [0, 0.05) is 5.92 Å². The van der Waals surface area contributed by atoms with Crippen molar-refractivity contribution in [3.8, 4) is 0 Å². The van der Waals surface area contributed by atoms with Crippen molar-refractivity contribution < 1.29 is 29.2 Å². The molecule has 2 rings (SSSR count). The van der Waals surface area contributed by atoms with Crippen LogP contribution in [-0.4, -0.2) is 65.5 Å². The van der Waals surface area contributed by atoms with Gasteiger partial charge in [-0.15, -0.1) is 0 Å². The summed E-state index contributed by atoms with van der Waals surface area (Å²) < 4.78 is 19.0. The third-order valence-corrected chi connectivity index (χ3v) is 11.2. The van der Waals surface area contributed by atoms with Gasteiger partial charge in [-0.3, -0.25) is 0 Å². The quantitative estimate of drug-likeness (QED) is 0.625. The number of hydrogen-bond donors (Lipinski definition) is 3. The van der Waals surface area contributed by atoms with Gasteiger partial charge in [-0.2, -0.15) is 0 Å². The highest BCUT2D eigenvalue weighted by Crippen LogP contribution is 2.48. The summed E-state index contributed by atoms with van der Waals surface area (Å²) in [5, 5.41) is 32.4. The first-order valence-electron chi connectivity index (χ1n) is 10.0. The molecule has 0 bridgehead atoms. The molecule has 0 aromatic heterocycles. The van der Waals surface area contributed by atoms with Gasteiger partial charge in [-0.25, -0.2) is 0 Å². The summed E-state index contributed by atoms with van der Waals surface area (Å²) >= 11 is 0. The van der Waals surface area contributed by atoms with Crippen LogP contribution in [-0.2, 0) is 13.9 Å². The van der Waals surface area contributed by atoms with E-state index < -0.39 is 50.0 Å². The van der Waals surface area contributed by atoms with Gasteiger partial charge in [0.2, 0.25) is 0 Å². The lowest BCUT2D eigenvalue weighted by atomic mass is 9.72. The van der Waals surface area contributed by atoms with E-state index in [1.807, 2.05) is 13.8 Å². The predicted molar refractivity (Wildman–Crippen MR) is 107 cm³/mol. The number of aliphatic hydroxyl groups excluding tert-OH is 1. The number of aliphatic hydroxyl groups is 3. The van der Waals surface area contributed by atoms with E-state index in [1.165, 1.54) is 0 Å². The molecule has 1 aliphatic carbocycles. The van der Waals surface area contributed by atoms with E-state index in [9.17, 15) is 15.3 Å². The van der Waals surface area contributed by atoms with Crippen molar-refractivity contribution in [2.75, 3.05) is 6.61 Å². The molecule has 0 radical (unpaired) electrons. The van der Waals surface area contributed by atoms with Crippen LogP contribution in [0.2, 0.25) is 18.1 Å². The second-order valence-corrected chi connectivity index (χ2v) is 15.6. The molecule has 1 unspecified atom stereocenters. The molecular formula is C20H40O6Si. The highest BCUT2D eigenvalue weighted by atomic mass is 28.4. The second kappa shape index (κ2) is 7.04. The van der Waals surface area contributed by atoms with Gasteiger partial charge in [0.15, 0.2) is 14.1 Å². The Kier molecular flexibility index (Phi) is 6.06. The lowest BCUT2D eigenvalue weighted by Crippen LogP contribution is -2.61. The lowest BCUT2D eigenvalue weighted by molar-refractivity contribution is -0.214. The third-order valence-electron chi connectivity index (χ3n) is 6.69. The molecule has 5 atom stereocenters. The Hall–Kier alpha value is -0.0231. The van der Waals surface area contributed by atoms with Crippen LogP contribution in [0.3, 0.4) is 0 Å². The fourth-order valence-electron chi connectivity index (χ4n) is 4.24. The summed E-state index contributed by atoms with van der Waals surface area (Å²) in [6.07, 6.45) is -0.391. The largest absolute Gasteiger partial charge is 0.411 e. The van der Waals surface area contributed by atoms with Crippen LogP contribution in [0.15, 0.2) is 0 Å². The minimum Gasteiger partial charge on any atom is -0.411 e. The van der Waals surface area contributed by atoms with E-state index in [1.54, 1.807) is 13.8 Å². The predicted octanol–water partition coefficient (Wildman–Crippen LogP) is 2.80. The number of rotatable bonds is 4. The molecule has 7 heteroatoms. The van der Waals surface area contributed by atoms with Crippen molar-refractivity contribution >= 4 is 8.32 Å². The summed E-state index contributed by atoms with van der Waals surface area (Å²) in [4.78, 5) is 0. The van der Waals surface area contributed by atoms with E-state index >= 15 is 0 Å². The lowest BCUT2D eigenvalue weighted by Gasteiger charge is -2.44. The van der Waals surface area contributed by atoms with Gasteiger partial charge in [-0.1, -0.05) is 20.8 Å². The Labute approximate surface area is 165 Å². The molecule has 2 fully saturated rings. The standard InChI is InChI=1S/C20H40O6Si/c1-17(2,3)27(8,9)26-13-10-11-14(18(4,5)22)20(23,12-21)16-15(13)24-19(6,7)25-16/h13-16,21-23H,10-12H2,1-9H3/t13-,14+,15?,16-,20+/m1/s1. The van der Waals surface area contributed by atoms with Gasteiger partial charge >= 0.3 is 0 Å². The smallest absolute Gasteiger partial charge is 0.192 e. The van der Waals surface area contributed by atoms with Gasteiger partial charge in [0.05, 0.1) is 18.3 Å². The van der Waals surface area contributed by atoms with Crippen LogP contribution in [0.5, 0.6) is 0 Å². The Morgan fingerprint density at radius 1 is 1.07 bits per heavy atom. The molecule has 0 aromatic rings. The highest BCUT2D eigenvalue weighted by Gasteiger charge is 2.62. The van der Waals surface area contributed by atoms with Crippen molar-refractivity contribution in [3.05, 3.63) is 0 Å². The van der Waals surface area contributed by atoms with Gasteiger partial charge in [-0.05, 0) is 58.7 Å². The first kappa shape index (κ1) is 23.3. The van der Waals surface area contributed by atoms with Crippen LogP contribution >= 0.6 is 0 Å².